The average molecular weight is 1130 g/mol. The lowest BCUT2D eigenvalue weighted by Gasteiger charge is -2.26. The summed E-state index contributed by atoms with van der Waals surface area (Å²) in [7, 11) is 0. The van der Waals surface area contributed by atoms with Gasteiger partial charge >= 0.3 is 0 Å². The van der Waals surface area contributed by atoms with Crippen molar-refractivity contribution in [1.82, 2.24) is 9.80 Å². The summed E-state index contributed by atoms with van der Waals surface area (Å²) >= 11 is 0. The number of carbonyl (C=O) groups is 2. The van der Waals surface area contributed by atoms with Crippen molar-refractivity contribution in [2.75, 3.05) is 39.4 Å². The van der Waals surface area contributed by atoms with E-state index in [0.717, 1.165) is 86.8 Å². The largest absolute Gasteiger partial charge is 0.494 e. The van der Waals surface area contributed by atoms with Crippen molar-refractivity contribution >= 4 is 11.8 Å². The van der Waals surface area contributed by atoms with Gasteiger partial charge in [-0.1, -0.05) is 284 Å². The van der Waals surface area contributed by atoms with Crippen molar-refractivity contribution in [3.63, 3.8) is 0 Å². The topological polar surface area (TPSA) is 59.1 Å². The van der Waals surface area contributed by atoms with Crippen LogP contribution in [0.5, 0.6) is 11.5 Å². The number of rotatable bonds is 50. The molecule has 0 aromatic heterocycles. The molecule has 458 valence electrons. The summed E-state index contributed by atoms with van der Waals surface area (Å²) in [5.41, 5.74) is 3.90. The van der Waals surface area contributed by atoms with E-state index < -0.39 is 0 Å². The van der Waals surface area contributed by atoms with Gasteiger partial charge in [-0.15, -0.1) is 0 Å². The summed E-state index contributed by atoms with van der Waals surface area (Å²) in [6.45, 7) is 17.8. The molecule has 82 heavy (non-hydrogen) atoms. The smallest absolute Gasteiger partial charge is 0.255 e. The molecule has 6 heteroatoms. The van der Waals surface area contributed by atoms with Crippen LogP contribution < -0.4 is 9.47 Å². The lowest BCUT2D eigenvalue weighted by Crippen LogP contribution is -2.35. The Balaban J connectivity index is 2.12. The van der Waals surface area contributed by atoms with E-state index in [-0.39, 0.29) is 11.8 Å². The maximum Gasteiger partial charge on any atom is 0.255 e. The van der Waals surface area contributed by atoms with Crippen LogP contribution in [0.4, 0.5) is 0 Å². The Bertz CT molecular complexity index is 1990. The van der Waals surface area contributed by atoms with E-state index in [1.165, 1.54) is 193 Å². The molecular formula is C76H120N2O4. The molecule has 0 aliphatic rings. The minimum atomic E-state index is -0.0211. The minimum absolute atomic E-state index is 0.0211. The first-order chi connectivity index (χ1) is 40.4. The normalized spacial score (nSPS) is 11.0. The van der Waals surface area contributed by atoms with Gasteiger partial charge in [0.25, 0.3) is 11.8 Å². The van der Waals surface area contributed by atoms with Crippen molar-refractivity contribution < 1.29 is 19.1 Å². The third-order valence-corrected chi connectivity index (χ3v) is 16.2. The molecular weight excluding hydrogens is 1000 g/mol. The highest BCUT2D eigenvalue weighted by atomic mass is 16.5. The zero-order valence-electron chi connectivity index (χ0n) is 53.8. The fourth-order valence-electron chi connectivity index (χ4n) is 10.9. The molecule has 6 nitrogen and oxygen atoms in total. The Labute approximate surface area is 505 Å². The minimum Gasteiger partial charge on any atom is -0.494 e. The molecule has 0 fully saturated rings. The number of unbranched alkanes of at least 4 members (excludes halogenated alkanes) is 34. The molecule has 0 bridgehead atoms. The third-order valence-electron chi connectivity index (χ3n) is 16.2. The molecule has 0 N–H and O–H groups in total. The molecule has 0 unspecified atom stereocenters. The second kappa shape index (κ2) is 49.7. The molecule has 0 radical (unpaired) electrons. The van der Waals surface area contributed by atoms with Gasteiger partial charge in [0.1, 0.15) is 11.5 Å². The summed E-state index contributed by atoms with van der Waals surface area (Å²) in [5.74, 6) is 15.6. The summed E-state index contributed by atoms with van der Waals surface area (Å²) in [6.07, 6.45) is 48.0. The van der Waals surface area contributed by atoms with E-state index in [4.69, 9.17) is 9.47 Å². The number of hydrogen-bond acceptors (Lipinski definition) is 4. The molecule has 0 saturated carbocycles. The Hall–Kier alpha value is -4.68. The average Bonchev–Trinajstić information content (AvgIpc) is 3.67. The number of benzene rings is 3. The van der Waals surface area contributed by atoms with Crippen LogP contribution in [0.2, 0.25) is 0 Å². The van der Waals surface area contributed by atoms with Crippen LogP contribution in [0.3, 0.4) is 0 Å². The monoisotopic (exact) mass is 1120 g/mol. The number of ether oxygens (including phenoxy) is 2. The van der Waals surface area contributed by atoms with Gasteiger partial charge in [-0.2, -0.15) is 0 Å². The summed E-state index contributed by atoms with van der Waals surface area (Å²) < 4.78 is 12.4. The van der Waals surface area contributed by atoms with Crippen LogP contribution >= 0.6 is 0 Å². The predicted octanol–water partition coefficient (Wildman–Crippen LogP) is 21.9. The van der Waals surface area contributed by atoms with Gasteiger partial charge in [0.15, 0.2) is 0 Å². The highest BCUT2D eigenvalue weighted by Gasteiger charge is 2.25. The van der Waals surface area contributed by atoms with Gasteiger partial charge < -0.3 is 19.3 Å². The predicted molar refractivity (Wildman–Crippen MR) is 353 cm³/mol. The van der Waals surface area contributed by atoms with E-state index >= 15 is 9.59 Å². The van der Waals surface area contributed by atoms with Crippen LogP contribution in [0.25, 0.3) is 0 Å². The van der Waals surface area contributed by atoms with Crippen LogP contribution in [-0.4, -0.2) is 61.0 Å². The zero-order valence-corrected chi connectivity index (χ0v) is 53.8. The second-order valence-electron chi connectivity index (χ2n) is 23.8. The molecule has 3 aromatic rings. The third kappa shape index (κ3) is 33.6. The lowest BCUT2D eigenvalue weighted by atomic mass is 9.95. The van der Waals surface area contributed by atoms with Gasteiger partial charge in [0.05, 0.1) is 24.3 Å². The Morgan fingerprint density at radius 3 is 0.793 bits per heavy atom. The maximum atomic E-state index is 15.4. The first kappa shape index (κ1) is 71.6. The Morgan fingerprint density at radius 1 is 0.305 bits per heavy atom. The number of hydrogen-bond donors (Lipinski definition) is 0. The van der Waals surface area contributed by atoms with Gasteiger partial charge in [-0.3, -0.25) is 9.59 Å². The molecule has 0 saturated heterocycles. The van der Waals surface area contributed by atoms with Crippen molar-refractivity contribution in [2.24, 2.45) is 0 Å². The van der Waals surface area contributed by atoms with Gasteiger partial charge in [0.2, 0.25) is 0 Å². The number of carbonyl (C=O) groups excluding carboxylic acids is 2. The molecule has 0 aliphatic heterocycles. The summed E-state index contributed by atoms with van der Waals surface area (Å²) in [6, 6.07) is 20.0. The maximum absolute atomic E-state index is 15.4. The van der Waals surface area contributed by atoms with Crippen LogP contribution in [-0.2, 0) is 0 Å². The first-order valence-electron chi connectivity index (χ1n) is 34.6. The van der Waals surface area contributed by atoms with Crippen molar-refractivity contribution in [2.45, 2.75) is 298 Å². The molecule has 3 rings (SSSR count). The number of amides is 2. The van der Waals surface area contributed by atoms with Crippen LogP contribution in [0, 0.1) is 23.7 Å². The molecule has 0 atom stereocenters. The van der Waals surface area contributed by atoms with Crippen LogP contribution in [0.1, 0.15) is 341 Å². The Kier molecular flexibility index (Phi) is 43.4. The SMILES string of the molecule is CCCCCCCCCCOc1ccc(C#Cc2cc(C(=O)N(CCCCCCCC)CCCCCCCC)c(C#Cc3ccc(OCCCCCCCCCC)cc3)cc2C(=O)N(CCCCCCCC)CCCCCCCC)cc1. The van der Waals surface area contributed by atoms with Crippen molar-refractivity contribution in [3.05, 3.63) is 94.0 Å². The highest BCUT2D eigenvalue weighted by molar-refractivity contribution is 6.02. The van der Waals surface area contributed by atoms with Gasteiger partial charge in [-0.25, -0.2) is 0 Å². The van der Waals surface area contributed by atoms with E-state index in [1.54, 1.807) is 0 Å². The van der Waals surface area contributed by atoms with E-state index in [0.29, 0.717) is 61.6 Å². The van der Waals surface area contributed by atoms with E-state index in [9.17, 15) is 0 Å². The second-order valence-corrected chi connectivity index (χ2v) is 23.8. The van der Waals surface area contributed by atoms with Gasteiger partial charge in [0, 0.05) is 48.4 Å². The molecule has 0 aliphatic carbocycles. The summed E-state index contributed by atoms with van der Waals surface area (Å²) in [4.78, 5) is 35.1. The molecule has 0 spiro atoms. The quantitative estimate of drug-likeness (QED) is 0.0418. The summed E-state index contributed by atoms with van der Waals surface area (Å²) in [5, 5.41) is 0. The molecule has 2 amide bonds. The standard InChI is InChI=1S/C76H120N2O4/c1-7-13-19-25-31-33-39-45-63-81-71-55-49-67(50-56-71)47-53-69-65-74(76(80)78(61-43-37-29-23-17-11-5)62-44-38-30-24-18-12-6)70(54-48-68-51-57-72(58-52-68)82-64-46-40-34-32-26-20-14-8-2)66-73(69)75(79)77(59-41-35-27-21-15-9-3)60-42-36-28-22-16-10-4/h49-52,55-58,65-66H,7-46,59-64H2,1-6H3. The first-order valence-corrected chi connectivity index (χ1v) is 34.6. The van der Waals surface area contributed by atoms with Gasteiger partial charge in [-0.05, 0) is 99.2 Å². The fourth-order valence-corrected chi connectivity index (χ4v) is 10.9. The lowest BCUT2D eigenvalue weighted by molar-refractivity contribution is 0.0736. The molecule has 0 heterocycles. The zero-order chi connectivity index (χ0) is 58.8. The number of nitrogens with zero attached hydrogens (tertiary/aromatic N) is 2. The Morgan fingerprint density at radius 2 is 0.537 bits per heavy atom. The highest BCUT2D eigenvalue weighted by Crippen LogP contribution is 2.25. The van der Waals surface area contributed by atoms with Crippen molar-refractivity contribution in [1.29, 1.82) is 0 Å². The van der Waals surface area contributed by atoms with E-state index in [1.807, 2.05) is 60.7 Å². The fraction of sp³-hybridized carbons (Fsp3) is 0.684. The molecule has 3 aromatic carbocycles. The van der Waals surface area contributed by atoms with Crippen molar-refractivity contribution in [3.8, 4) is 35.2 Å². The van der Waals surface area contributed by atoms with E-state index in [2.05, 4.69) is 75.0 Å². The van der Waals surface area contributed by atoms with Crippen LogP contribution in [0.15, 0.2) is 60.7 Å².